The highest BCUT2D eigenvalue weighted by atomic mass is 16.5. The molecule has 3 aromatic carbocycles. The molecule has 0 aromatic heterocycles. The second-order valence-electron chi connectivity index (χ2n) is 7.53. The smallest absolute Gasteiger partial charge is 0.222 e. The summed E-state index contributed by atoms with van der Waals surface area (Å²) in [6.45, 7) is 2.19. The highest BCUT2D eigenvalue weighted by Crippen LogP contribution is 2.29. The number of methoxy groups -OCH3 is 1. The van der Waals surface area contributed by atoms with E-state index in [0.29, 0.717) is 18.9 Å². The number of ether oxygens (including phenoxy) is 2. The third kappa shape index (κ3) is 4.53. The van der Waals surface area contributed by atoms with Gasteiger partial charge in [0.1, 0.15) is 11.5 Å². The number of benzene rings is 3. The molecule has 0 saturated carbocycles. The van der Waals surface area contributed by atoms with Crippen molar-refractivity contribution in [1.29, 1.82) is 0 Å². The molecular formula is C25H27NO3. The van der Waals surface area contributed by atoms with Crippen molar-refractivity contribution in [1.82, 2.24) is 4.90 Å². The van der Waals surface area contributed by atoms with E-state index >= 15 is 0 Å². The van der Waals surface area contributed by atoms with E-state index in [1.54, 1.807) is 7.11 Å². The van der Waals surface area contributed by atoms with Crippen molar-refractivity contribution >= 4 is 16.7 Å². The molecule has 4 nitrogen and oxygen atoms in total. The lowest BCUT2D eigenvalue weighted by Crippen LogP contribution is -2.28. The van der Waals surface area contributed by atoms with Gasteiger partial charge in [-0.3, -0.25) is 4.79 Å². The van der Waals surface area contributed by atoms with Gasteiger partial charge in [0, 0.05) is 30.8 Å². The topological polar surface area (TPSA) is 38.8 Å². The Morgan fingerprint density at radius 1 is 1.03 bits per heavy atom. The Morgan fingerprint density at radius 2 is 1.83 bits per heavy atom. The molecule has 1 aliphatic heterocycles. The summed E-state index contributed by atoms with van der Waals surface area (Å²) < 4.78 is 11.2. The van der Waals surface area contributed by atoms with Crippen molar-refractivity contribution in [2.45, 2.75) is 25.2 Å². The van der Waals surface area contributed by atoms with Gasteiger partial charge in [-0.1, -0.05) is 48.5 Å². The first kappa shape index (κ1) is 19.3. The number of likely N-dealkylation sites (tertiary alicyclic amines) is 1. The standard InChI is InChI=1S/C25H27NO3/c1-28-22-13-11-19(12-14-22)21-15-16-26(18-21)25(27)10-5-17-29-24-9-4-7-20-6-2-3-8-23(20)24/h2-4,6-9,11-14,21H,5,10,15-18H2,1H3. The number of amides is 1. The first-order valence-electron chi connectivity index (χ1n) is 10.3. The van der Waals surface area contributed by atoms with Gasteiger partial charge in [-0.2, -0.15) is 0 Å². The minimum absolute atomic E-state index is 0.225. The highest BCUT2D eigenvalue weighted by molar-refractivity contribution is 5.88. The van der Waals surface area contributed by atoms with Crippen LogP contribution in [0.25, 0.3) is 10.8 Å². The van der Waals surface area contributed by atoms with Gasteiger partial charge in [0.2, 0.25) is 5.91 Å². The van der Waals surface area contributed by atoms with Crippen molar-refractivity contribution in [2.75, 3.05) is 26.8 Å². The van der Waals surface area contributed by atoms with Crippen LogP contribution < -0.4 is 9.47 Å². The highest BCUT2D eigenvalue weighted by Gasteiger charge is 2.26. The van der Waals surface area contributed by atoms with Crippen LogP contribution in [0.5, 0.6) is 11.5 Å². The van der Waals surface area contributed by atoms with Crippen molar-refractivity contribution in [3.05, 3.63) is 72.3 Å². The molecule has 0 N–H and O–H groups in total. The van der Waals surface area contributed by atoms with E-state index in [1.807, 2.05) is 41.3 Å². The van der Waals surface area contributed by atoms with Gasteiger partial charge >= 0.3 is 0 Å². The molecule has 29 heavy (non-hydrogen) atoms. The first-order chi connectivity index (χ1) is 14.2. The quantitative estimate of drug-likeness (QED) is 0.533. The van der Waals surface area contributed by atoms with Crippen LogP contribution in [-0.2, 0) is 4.79 Å². The van der Waals surface area contributed by atoms with Crippen molar-refractivity contribution in [3.8, 4) is 11.5 Å². The predicted octanol–water partition coefficient (Wildman–Crippen LogP) is 5.02. The summed E-state index contributed by atoms with van der Waals surface area (Å²) in [5.74, 6) is 2.39. The molecule has 1 fully saturated rings. The van der Waals surface area contributed by atoms with Gasteiger partial charge in [-0.25, -0.2) is 0 Å². The fraction of sp³-hybridized carbons (Fsp3) is 0.320. The molecule has 0 bridgehead atoms. The maximum atomic E-state index is 12.6. The minimum Gasteiger partial charge on any atom is -0.497 e. The lowest BCUT2D eigenvalue weighted by atomic mass is 9.98. The number of rotatable bonds is 7. The number of hydrogen-bond acceptors (Lipinski definition) is 3. The van der Waals surface area contributed by atoms with Crippen LogP contribution in [0, 0.1) is 0 Å². The van der Waals surface area contributed by atoms with E-state index in [4.69, 9.17) is 9.47 Å². The monoisotopic (exact) mass is 389 g/mol. The average Bonchev–Trinajstić information content (AvgIpc) is 3.27. The van der Waals surface area contributed by atoms with Crippen LogP contribution in [0.1, 0.15) is 30.7 Å². The summed E-state index contributed by atoms with van der Waals surface area (Å²) in [6, 6.07) is 22.5. The van der Waals surface area contributed by atoms with E-state index < -0.39 is 0 Å². The van der Waals surface area contributed by atoms with E-state index in [0.717, 1.165) is 42.8 Å². The molecule has 0 spiro atoms. The van der Waals surface area contributed by atoms with E-state index in [1.165, 1.54) is 10.9 Å². The van der Waals surface area contributed by atoms with Crippen molar-refractivity contribution in [2.24, 2.45) is 0 Å². The Kier molecular flexibility index (Phi) is 5.99. The average molecular weight is 389 g/mol. The van der Waals surface area contributed by atoms with E-state index in [-0.39, 0.29) is 5.91 Å². The van der Waals surface area contributed by atoms with Crippen molar-refractivity contribution in [3.63, 3.8) is 0 Å². The number of hydrogen-bond donors (Lipinski definition) is 0. The second kappa shape index (κ2) is 8.99. The summed E-state index contributed by atoms with van der Waals surface area (Å²) in [4.78, 5) is 14.6. The summed E-state index contributed by atoms with van der Waals surface area (Å²) in [5, 5.41) is 2.28. The zero-order chi connectivity index (χ0) is 20.1. The molecule has 0 aliphatic carbocycles. The largest absolute Gasteiger partial charge is 0.497 e. The molecule has 1 unspecified atom stereocenters. The van der Waals surface area contributed by atoms with Crippen LogP contribution in [-0.4, -0.2) is 37.6 Å². The fourth-order valence-corrected chi connectivity index (χ4v) is 4.02. The first-order valence-corrected chi connectivity index (χ1v) is 10.3. The van der Waals surface area contributed by atoms with Gasteiger partial charge in [0.25, 0.3) is 0 Å². The Bertz CT molecular complexity index is 962. The number of carbonyl (C=O) groups is 1. The van der Waals surface area contributed by atoms with Gasteiger partial charge < -0.3 is 14.4 Å². The Hall–Kier alpha value is -3.01. The van der Waals surface area contributed by atoms with Gasteiger partial charge in [0.15, 0.2) is 0 Å². The Labute approximate surface area is 172 Å². The number of fused-ring (bicyclic) bond motifs is 1. The molecule has 4 heteroatoms. The van der Waals surface area contributed by atoms with E-state index in [2.05, 4.69) is 30.3 Å². The normalized spacial score (nSPS) is 16.2. The van der Waals surface area contributed by atoms with E-state index in [9.17, 15) is 4.79 Å². The van der Waals surface area contributed by atoms with Gasteiger partial charge in [-0.15, -0.1) is 0 Å². The molecule has 1 saturated heterocycles. The Morgan fingerprint density at radius 3 is 2.66 bits per heavy atom. The lowest BCUT2D eigenvalue weighted by molar-refractivity contribution is -0.130. The fourth-order valence-electron chi connectivity index (χ4n) is 4.02. The van der Waals surface area contributed by atoms with Crippen LogP contribution in [0.15, 0.2) is 66.7 Å². The zero-order valence-corrected chi connectivity index (χ0v) is 16.8. The number of carbonyl (C=O) groups excluding carboxylic acids is 1. The van der Waals surface area contributed by atoms with Crippen LogP contribution >= 0.6 is 0 Å². The molecule has 1 heterocycles. The van der Waals surface area contributed by atoms with Crippen LogP contribution in [0.2, 0.25) is 0 Å². The number of nitrogens with zero attached hydrogens (tertiary/aromatic N) is 1. The maximum Gasteiger partial charge on any atom is 0.222 e. The van der Waals surface area contributed by atoms with Crippen molar-refractivity contribution < 1.29 is 14.3 Å². The predicted molar refractivity (Wildman–Crippen MR) is 116 cm³/mol. The molecule has 4 rings (SSSR count). The lowest BCUT2D eigenvalue weighted by Gasteiger charge is -2.17. The molecule has 3 aromatic rings. The third-order valence-electron chi connectivity index (χ3n) is 5.67. The molecule has 0 radical (unpaired) electrons. The molecule has 1 aliphatic rings. The van der Waals surface area contributed by atoms with Crippen LogP contribution in [0.3, 0.4) is 0 Å². The van der Waals surface area contributed by atoms with Crippen LogP contribution in [0.4, 0.5) is 0 Å². The molecule has 150 valence electrons. The zero-order valence-electron chi connectivity index (χ0n) is 16.8. The SMILES string of the molecule is COc1ccc(C2CCN(C(=O)CCCOc3cccc4ccccc34)C2)cc1. The molecule has 1 amide bonds. The summed E-state index contributed by atoms with van der Waals surface area (Å²) in [7, 11) is 1.68. The maximum absolute atomic E-state index is 12.6. The van der Waals surface area contributed by atoms with Gasteiger partial charge in [0.05, 0.1) is 13.7 Å². The summed E-state index contributed by atoms with van der Waals surface area (Å²) >= 11 is 0. The summed E-state index contributed by atoms with van der Waals surface area (Å²) in [5.41, 5.74) is 1.28. The summed E-state index contributed by atoms with van der Waals surface area (Å²) in [6.07, 6.45) is 2.27. The van der Waals surface area contributed by atoms with Gasteiger partial charge in [-0.05, 0) is 42.0 Å². The minimum atomic E-state index is 0.225. The Balaban J connectivity index is 1.25. The second-order valence-corrected chi connectivity index (χ2v) is 7.53. The molecular weight excluding hydrogens is 362 g/mol. The third-order valence-corrected chi connectivity index (χ3v) is 5.67. The molecule has 1 atom stereocenters.